The molecule has 1 aromatic carbocycles. The molecule has 6 nitrogen and oxygen atoms in total. The third-order valence-electron chi connectivity index (χ3n) is 2.83. The molecule has 2 rings (SSSR count). The van der Waals surface area contributed by atoms with Crippen LogP contribution in [0.3, 0.4) is 0 Å². The van der Waals surface area contributed by atoms with Crippen LogP contribution in [0.15, 0.2) is 40.3 Å². The molecule has 2 aromatic rings. The first-order chi connectivity index (χ1) is 9.95. The Hall–Kier alpha value is -2.28. The summed E-state index contributed by atoms with van der Waals surface area (Å²) in [6, 6.07) is 8.46. The standard InChI is InChI=1S/C14H16N4O2S/c1-9-7-12(19)17-14(16-9)21-8-13(20)18(2)11-5-3-10(15)4-6-11/h3-7H,8,15H2,1-2H3,(H,16,17,19). The van der Waals surface area contributed by atoms with Gasteiger partial charge in [0.05, 0.1) is 5.75 Å². The van der Waals surface area contributed by atoms with Crippen LogP contribution in [0.4, 0.5) is 11.4 Å². The molecule has 0 aliphatic heterocycles. The van der Waals surface area contributed by atoms with E-state index in [0.717, 1.165) is 5.69 Å². The average molecular weight is 304 g/mol. The Morgan fingerprint density at radius 2 is 2.05 bits per heavy atom. The van der Waals surface area contributed by atoms with Gasteiger partial charge < -0.3 is 15.6 Å². The largest absolute Gasteiger partial charge is 0.399 e. The van der Waals surface area contributed by atoms with Crippen molar-refractivity contribution >= 4 is 29.0 Å². The van der Waals surface area contributed by atoms with Crippen molar-refractivity contribution in [2.24, 2.45) is 0 Å². The highest BCUT2D eigenvalue weighted by Gasteiger charge is 2.12. The Bertz CT molecular complexity index is 697. The molecule has 0 radical (unpaired) electrons. The molecule has 0 bridgehead atoms. The molecule has 1 amide bonds. The smallest absolute Gasteiger partial charge is 0.251 e. The van der Waals surface area contributed by atoms with Crippen molar-refractivity contribution < 1.29 is 4.79 Å². The number of nitrogens with two attached hydrogens (primary N) is 1. The predicted molar refractivity (Wildman–Crippen MR) is 84.6 cm³/mol. The first-order valence-corrected chi connectivity index (χ1v) is 7.27. The van der Waals surface area contributed by atoms with Gasteiger partial charge >= 0.3 is 0 Å². The molecule has 0 saturated carbocycles. The number of benzene rings is 1. The maximum atomic E-state index is 12.1. The molecule has 3 N–H and O–H groups in total. The zero-order valence-electron chi connectivity index (χ0n) is 11.8. The van der Waals surface area contributed by atoms with Crippen molar-refractivity contribution in [1.29, 1.82) is 0 Å². The third-order valence-corrected chi connectivity index (χ3v) is 3.69. The second-order valence-electron chi connectivity index (χ2n) is 4.52. The van der Waals surface area contributed by atoms with Crippen molar-refractivity contribution in [3.8, 4) is 0 Å². The quantitative estimate of drug-likeness (QED) is 0.506. The number of rotatable bonds is 4. The minimum absolute atomic E-state index is 0.0890. The molecule has 0 aliphatic carbocycles. The second kappa shape index (κ2) is 6.45. The number of aryl methyl sites for hydroxylation is 1. The Balaban J connectivity index is 2.01. The maximum absolute atomic E-state index is 12.1. The van der Waals surface area contributed by atoms with Gasteiger partial charge in [-0.1, -0.05) is 11.8 Å². The van der Waals surface area contributed by atoms with Crippen LogP contribution >= 0.6 is 11.8 Å². The summed E-state index contributed by atoms with van der Waals surface area (Å²) in [6.07, 6.45) is 0. The Labute approximate surface area is 126 Å². The molecule has 0 aliphatic rings. The monoisotopic (exact) mass is 304 g/mol. The fourth-order valence-electron chi connectivity index (χ4n) is 1.69. The summed E-state index contributed by atoms with van der Waals surface area (Å²) < 4.78 is 0. The lowest BCUT2D eigenvalue weighted by molar-refractivity contribution is -0.115. The zero-order chi connectivity index (χ0) is 15.4. The van der Waals surface area contributed by atoms with E-state index in [9.17, 15) is 9.59 Å². The zero-order valence-corrected chi connectivity index (χ0v) is 12.6. The number of carbonyl (C=O) groups excluding carboxylic acids is 1. The Morgan fingerprint density at radius 3 is 2.67 bits per heavy atom. The van der Waals surface area contributed by atoms with Crippen LogP contribution in [0.1, 0.15) is 5.69 Å². The van der Waals surface area contributed by atoms with Crippen molar-refractivity contribution in [1.82, 2.24) is 9.97 Å². The minimum Gasteiger partial charge on any atom is -0.399 e. The van der Waals surface area contributed by atoms with E-state index >= 15 is 0 Å². The van der Waals surface area contributed by atoms with E-state index in [1.165, 1.54) is 17.8 Å². The summed E-state index contributed by atoms with van der Waals surface area (Å²) >= 11 is 1.20. The van der Waals surface area contributed by atoms with E-state index in [2.05, 4.69) is 9.97 Å². The van der Waals surface area contributed by atoms with Gasteiger partial charge in [-0.3, -0.25) is 9.59 Å². The third kappa shape index (κ3) is 4.09. The van der Waals surface area contributed by atoms with Gasteiger partial charge in [0.2, 0.25) is 5.91 Å². The number of nitrogens with zero attached hydrogens (tertiary/aromatic N) is 2. The van der Waals surface area contributed by atoms with E-state index in [1.54, 1.807) is 43.1 Å². The molecule has 21 heavy (non-hydrogen) atoms. The summed E-state index contributed by atoms with van der Waals surface area (Å²) in [7, 11) is 1.70. The first-order valence-electron chi connectivity index (χ1n) is 6.28. The summed E-state index contributed by atoms with van der Waals surface area (Å²) in [5.41, 5.74) is 7.44. The van der Waals surface area contributed by atoms with Crippen LogP contribution in [0.2, 0.25) is 0 Å². The SMILES string of the molecule is Cc1cc(=O)[nH]c(SCC(=O)N(C)c2ccc(N)cc2)n1. The molecule has 1 aromatic heterocycles. The van der Waals surface area contributed by atoms with Gasteiger partial charge in [0, 0.05) is 30.2 Å². The number of anilines is 2. The van der Waals surface area contributed by atoms with Gasteiger partial charge in [-0.25, -0.2) is 4.98 Å². The van der Waals surface area contributed by atoms with E-state index in [1.807, 2.05) is 0 Å². The number of H-pyrrole nitrogens is 1. The number of hydrogen-bond donors (Lipinski definition) is 2. The van der Waals surface area contributed by atoms with Crippen molar-refractivity contribution in [2.75, 3.05) is 23.4 Å². The highest BCUT2D eigenvalue weighted by molar-refractivity contribution is 7.99. The van der Waals surface area contributed by atoms with Gasteiger partial charge in [0.1, 0.15) is 0 Å². The van der Waals surface area contributed by atoms with E-state index in [4.69, 9.17) is 5.73 Å². The number of nitrogens with one attached hydrogen (secondary N) is 1. The van der Waals surface area contributed by atoms with Crippen molar-refractivity contribution in [2.45, 2.75) is 12.1 Å². The molecule has 110 valence electrons. The lowest BCUT2D eigenvalue weighted by atomic mass is 10.2. The van der Waals surface area contributed by atoms with Gasteiger partial charge in [0.25, 0.3) is 5.56 Å². The van der Waals surface area contributed by atoms with Gasteiger partial charge in [-0.05, 0) is 31.2 Å². The number of aromatic amines is 1. The molecular formula is C14H16N4O2S. The highest BCUT2D eigenvalue weighted by Crippen LogP contribution is 2.17. The molecule has 0 saturated heterocycles. The summed E-state index contributed by atoms with van der Waals surface area (Å²) in [5, 5.41) is 0.444. The van der Waals surface area contributed by atoms with Crippen LogP contribution in [-0.4, -0.2) is 28.7 Å². The first kappa shape index (κ1) is 15.1. The van der Waals surface area contributed by atoms with Crippen LogP contribution in [0, 0.1) is 6.92 Å². The molecule has 0 spiro atoms. The summed E-state index contributed by atoms with van der Waals surface area (Å²) in [5.74, 6) is 0.0988. The molecular weight excluding hydrogens is 288 g/mol. The maximum Gasteiger partial charge on any atom is 0.251 e. The average Bonchev–Trinajstić information content (AvgIpc) is 2.44. The van der Waals surface area contributed by atoms with Gasteiger partial charge in [-0.15, -0.1) is 0 Å². The van der Waals surface area contributed by atoms with Crippen LogP contribution in [0.25, 0.3) is 0 Å². The fourth-order valence-corrected chi connectivity index (χ4v) is 2.52. The predicted octanol–water partition coefficient (Wildman–Crippen LogP) is 1.42. The van der Waals surface area contributed by atoms with E-state index in [-0.39, 0.29) is 17.2 Å². The lowest BCUT2D eigenvalue weighted by Crippen LogP contribution is -2.28. The Kier molecular flexibility index (Phi) is 4.64. The Morgan fingerprint density at radius 1 is 1.38 bits per heavy atom. The van der Waals surface area contributed by atoms with Crippen LogP contribution in [0.5, 0.6) is 0 Å². The molecule has 7 heteroatoms. The van der Waals surface area contributed by atoms with E-state index in [0.29, 0.717) is 16.5 Å². The molecule has 0 fully saturated rings. The van der Waals surface area contributed by atoms with Crippen molar-refractivity contribution in [3.05, 3.63) is 46.4 Å². The van der Waals surface area contributed by atoms with Crippen molar-refractivity contribution in [3.63, 3.8) is 0 Å². The number of thioether (sulfide) groups is 1. The fraction of sp³-hybridized carbons (Fsp3) is 0.214. The normalized spacial score (nSPS) is 10.4. The minimum atomic E-state index is -0.218. The van der Waals surface area contributed by atoms with Crippen LogP contribution < -0.4 is 16.2 Å². The number of nitrogen functional groups attached to an aromatic ring is 1. The lowest BCUT2D eigenvalue weighted by Gasteiger charge is -2.17. The number of amides is 1. The van der Waals surface area contributed by atoms with Crippen LogP contribution in [-0.2, 0) is 4.79 Å². The molecule has 0 unspecified atom stereocenters. The topological polar surface area (TPSA) is 92.1 Å². The number of carbonyl (C=O) groups is 1. The van der Waals surface area contributed by atoms with Gasteiger partial charge in [-0.2, -0.15) is 0 Å². The second-order valence-corrected chi connectivity index (χ2v) is 5.49. The number of aromatic nitrogens is 2. The molecule has 0 atom stereocenters. The van der Waals surface area contributed by atoms with Gasteiger partial charge in [0.15, 0.2) is 5.16 Å². The molecule has 1 heterocycles. The number of hydrogen-bond acceptors (Lipinski definition) is 5. The highest BCUT2D eigenvalue weighted by atomic mass is 32.2. The summed E-state index contributed by atoms with van der Waals surface area (Å²) in [6.45, 7) is 1.74. The summed E-state index contributed by atoms with van der Waals surface area (Å²) in [4.78, 5) is 31.8. The van der Waals surface area contributed by atoms with E-state index < -0.39 is 0 Å².